The van der Waals surface area contributed by atoms with Gasteiger partial charge in [-0.05, 0) is 84.9 Å². The van der Waals surface area contributed by atoms with E-state index in [4.69, 9.17) is 0 Å². The van der Waals surface area contributed by atoms with Gasteiger partial charge in [-0.2, -0.15) is 4.52 Å². The van der Waals surface area contributed by atoms with Crippen LogP contribution in [0.1, 0.15) is 9.75 Å². The van der Waals surface area contributed by atoms with Gasteiger partial charge in [-0.25, -0.2) is 0 Å². The van der Waals surface area contributed by atoms with Crippen LogP contribution in [-0.2, 0) is 0 Å². The topological polar surface area (TPSA) is 43.1 Å². The molecule has 6 aromatic rings. The number of nitrogens with zero attached hydrogens (tertiary/aromatic N) is 4. The Morgan fingerprint density at radius 2 is 1.13 bits per heavy atom. The van der Waals surface area contributed by atoms with Crippen molar-refractivity contribution in [3.05, 3.63) is 70.4 Å². The number of aryl methyl sites for hydroxylation is 2. The van der Waals surface area contributed by atoms with Gasteiger partial charge < -0.3 is 0 Å². The Labute approximate surface area is 195 Å². The zero-order valence-electron chi connectivity index (χ0n) is 16.7. The van der Waals surface area contributed by atoms with Crippen LogP contribution in [0.15, 0.2) is 60.7 Å². The molecule has 8 heteroatoms. The van der Waals surface area contributed by atoms with Gasteiger partial charge in [-0.3, -0.25) is 0 Å². The lowest BCUT2D eigenvalue weighted by molar-refractivity contribution is 0.829. The monoisotopic (exact) mass is 476 g/mol. The molecule has 6 heterocycles. The first-order valence-corrected chi connectivity index (χ1v) is 13.0. The van der Waals surface area contributed by atoms with Crippen molar-refractivity contribution >= 4 is 51.0 Å². The van der Waals surface area contributed by atoms with Crippen molar-refractivity contribution in [3.8, 4) is 40.5 Å². The van der Waals surface area contributed by atoms with Crippen molar-refractivity contribution in [2.45, 2.75) is 13.8 Å². The third-order valence-corrected chi connectivity index (χ3v) is 9.66. The predicted octanol–water partition coefficient (Wildman–Crippen LogP) is 7.66. The highest BCUT2D eigenvalue weighted by Crippen LogP contribution is 2.41. The lowest BCUT2D eigenvalue weighted by atomic mass is 10.2. The lowest BCUT2D eigenvalue weighted by Gasteiger charge is -2.04. The Balaban J connectivity index is 1.41. The average Bonchev–Trinajstić information content (AvgIpc) is 3.57. The van der Waals surface area contributed by atoms with Crippen molar-refractivity contribution in [1.82, 2.24) is 20.0 Å². The smallest absolute Gasteiger partial charge is 0.188 e. The van der Waals surface area contributed by atoms with Crippen LogP contribution in [-0.4, -0.2) is 20.0 Å². The Morgan fingerprint density at radius 1 is 0.581 bits per heavy atom. The van der Waals surface area contributed by atoms with E-state index in [9.17, 15) is 0 Å². The van der Waals surface area contributed by atoms with Crippen molar-refractivity contribution in [1.29, 1.82) is 0 Å². The summed E-state index contributed by atoms with van der Waals surface area (Å²) < 4.78 is 1.86. The Morgan fingerprint density at radius 3 is 1.77 bits per heavy atom. The molecule has 0 fully saturated rings. The van der Waals surface area contributed by atoms with Crippen LogP contribution in [0.4, 0.5) is 0 Å². The number of fused-ring (bicyclic) bond motifs is 1. The van der Waals surface area contributed by atoms with Crippen LogP contribution < -0.4 is 0 Å². The zero-order valence-corrected chi connectivity index (χ0v) is 20.0. The third-order valence-electron chi connectivity index (χ3n) is 5.04. The van der Waals surface area contributed by atoms with Gasteiger partial charge in [-0.1, -0.05) is 0 Å². The maximum atomic E-state index is 4.35. The third kappa shape index (κ3) is 3.36. The van der Waals surface area contributed by atoms with Crippen molar-refractivity contribution < 1.29 is 0 Å². The molecule has 4 nitrogen and oxygen atoms in total. The van der Waals surface area contributed by atoms with Gasteiger partial charge in [0, 0.05) is 39.7 Å². The minimum absolute atomic E-state index is 0.787. The lowest BCUT2D eigenvalue weighted by Crippen LogP contribution is -1.94. The normalized spacial score (nSPS) is 11.5. The van der Waals surface area contributed by atoms with Gasteiger partial charge in [0.25, 0.3) is 0 Å². The van der Waals surface area contributed by atoms with Crippen LogP contribution >= 0.6 is 45.3 Å². The van der Waals surface area contributed by atoms with Gasteiger partial charge in [0.1, 0.15) is 0 Å². The first kappa shape index (κ1) is 19.1. The quantitative estimate of drug-likeness (QED) is 0.262. The molecule has 0 atom stereocenters. The van der Waals surface area contributed by atoms with E-state index in [0.717, 1.165) is 21.8 Å². The summed E-state index contributed by atoms with van der Waals surface area (Å²) in [4.78, 5) is 10.1. The summed E-state index contributed by atoms with van der Waals surface area (Å²) >= 11 is 7.20. The van der Waals surface area contributed by atoms with Gasteiger partial charge in [0.15, 0.2) is 5.65 Å². The minimum Gasteiger partial charge on any atom is -0.191 e. The van der Waals surface area contributed by atoms with Crippen molar-refractivity contribution in [2.24, 2.45) is 0 Å². The van der Waals surface area contributed by atoms with Crippen LogP contribution in [0.3, 0.4) is 0 Å². The fourth-order valence-corrected chi connectivity index (χ4v) is 7.52. The van der Waals surface area contributed by atoms with E-state index < -0.39 is 0 Å². The molecule has 0 bridgehead atoms. The van der Waals surface area contributed by atoms with Crippen LogP contribution in [0, 0.1) is 13.8 Å². The molecular weight excluding hydrogens is 461 g/mol. The largest absolute Gasteiger partial charge is 0.191 e. The molecule has 0 saturated heterocycles. The van der Waals surface area contributed by atoms with E-state index in [1.165, 1.54) is 34.1 Å². The van der Waals surface area contributed by atoms with E-state index in [0.29, 0.717) is 0 Å². The second kappa shape index (κ2) is 7.49. The molecule has 0 N–H and O–H groups in total. The Kier molecular flexibility index (Phi) is 4.61. The number of aromatic nitrogens is 4. The number of hydrogen-bond donors (Lipinski definition) is 0. The summed E-state index contributed by atoms with van der Waals surface area (Å²) in [6.07, 6.45) is 0. The predicted molar refractivity (Wildman–Crippen MR) is 134 cm³/mol. The van der Waals surface area contributed by atoms with Gasteiger partial charge in [-0.15, -0.1) is 50.4 Å². The van der Waals surface area contributed by atoms with E-state index in [1.54, 1.807) is 22.7 Å². The summed E-state index contributed by atoms with van der Waals surface area (Å²) in [5.41, 5.74) is 2.86. The van der Waals surface area contributed by atoms with Gasteiger partial charge in [0.05, 0.1) is 10.6 Å². The number of thiophene rings is 4. The Bertz CT molecular complexity index is 1420. The highest BCUT2D eigenvalue weighted by molar-refractivity contribution is 7.24. The highest BCUT2D eigenvalue weighted by atomic mass is 32.1. The molecule has 0 aromatic carbocycles. The number of hydrogen-bond acceptors (Lipinski definition) is 7. The van der Waals surface area contributed by atoms with E-state index >= 15 is 0 Å². The van der Waals surface area contributed by atoms with Crippen molar-refractivity contribution in [2.75, 3.05) is 0 Å². The zero-order chi connectivity index (χ0) is 20.9. The fraction of sp³-hybridized carbons (Fsp3) is 0.0870. The molecule has 0 spiro atoms. The highest BCUT2D eigenvalue weighted by Gasteiger charge is 2.16. The molecule has 0 amide bonds. The first-order valence-electron chi connectivity index (χ1n) is 9.71. The van der Waals surface area contributed by atoms with Crippen LogP contribution in [0.5, 0.6) is 0 Å². The van der Waals surface area contributed by atoms with Gasteiger partial charge >= 0.3 is 0 Å². The van der Waals surface area contributed by atoms with Crippen LogP contribution in [0.2, 0.25) is 0 Å². The molecule has 6 aromatic heterocycles. The summed E-state index contributed by atoms with van der Waals surface area (Å²) in [6, 6.07) is 21.7. The second-order valence-electron chi connectivity index (χ2n) is 7.19. The average molecular weight is 477 g/mol. The number of pyridine rings is 1. The molecule has 0 unspecified atom stereocenters. The Hall–Kier alpha value is -2.65. The molecule has 0 saturated carbocycles. The maximum absolute atomic E-state index is 4.35. The number of rotatable bonds is 4. The summed E-state index contributed by atoms with van der Waals surface area (Å²) in [6.45, 7) is 4.28. The van der Waals surface area contributed by atoms with Crippen LogP contribution in [0.25, 0.3) is 46.2 Å². The minimum atomic E-state index is 0.787. The van der Waals surface area contributed by atoms with Gasteiger partial charge in [0.2, 0.25) is 0 Å². The SMILES string of the molecule is Cc1ccc(-c2ccc(-c3ccc(-c4ccc(-c5ccc(C)s5)s4)n4nnnc34)s2)s1. The molecule has 0 aliphatic heterocycles. The summed E-state index contributed by atoms with van der Waals surface area (Å²) in [5.74, 6) is 0. The maximum Gasteiger partial charge on any atom is 0.188 e. The molecular formula is C23H16N4S4. The van der Waals surface area contributed by atoms with E-state index in [2.05, 4.69) is 90.0 Å². The standard InChI is InChI=1S/C23H16N4S4/c1-13-3-7-19(28-13)21-11-9-17(30-21)15-5-6-16(27-23(15)24-25-26-27)18-10-12-22(31-18)20-8-4-14(2)29-20/h3-12H,1-2H3. The molecule has 0 aliphatic rings. The first-order chi connectivity index (χ1) is 15.2. The molecule has 31 heavy (non-hydrogen) atoms. The van der Waals surface area contributed by atoms with Crippen molar-refractivity contribution in [3.63, 3.8) is 0 Å². The molecule has 6 rings (SSSR count). The fourth-order valence-electron chi connectivity index (χ4n) is 3.56. The molecule has 152 valence electrons. The molecule has 0 radical (unpaired) electrons. The molecule has 0 aliphatic carbocycles. The second-order valence-corrected chi connectivity index (χ2v) is 11.9. The van der Waals surface area contributed by atoms with E-state index in [-0.39, 0.29) is 0 Å². The van der Waals surface area contributed by atoms with E-state index in [1.807, 2.05) is 27.2 Å². The summed E-state index contributed by atoms with van der Waals surface area (Å²) in [7, 11) is 0. The number of tetrazole rings is 1. The summed E-state index contributed by atoms with van der Waals surface area (Å²) in [5, 5.41) is 12.6.